The Balaban J connectivity index is 2.00. The Kier molecular flexibility index (Phi) is 5.73. The normalized spacial score (nSPS) is 19.8. The fourth-order valence-corrected chi connectivity index (χ4v) is 2.91. The van der Waals surface area contributed by atoms with Crippen LogP contribution in [0.25, 0.3) is 0 Å². The zero-order valence-electron chi connectivity index (χ0n) is 12.2. The van der Waals surface area contributed by atoms with Crippen molar-refractivity contribution in [2.45, 2.75) is 44.2 Å². The molecule has 1 atom stereocenters. The van der Waals surface area contributed by atoms with E-state index < -0.39 is 24.9 Å². The summed E-state index contributed by atoms with van der Waals surface area (Å²) in [6.07, 6.45) is -3.05. The summed E-state index contributed by atoms with van der Waals surface area (Å²) in [4.78, 5) is 13.6. The number of amides is 1. The lowest BCUT2D eigenvalue weighted by Crippen LogP contribution is -2.34. The SMILES string of the molecule is O=C(CCC(F)(F)F)N1CCCCC(c2ccc(Cl)cc2)C1. The second-order valence-electron chi connectivity index (χ2n) is 5.70. The molecule has 0 spiro atoms. The number of rotatable bonds is 3. The number of benzene rings is 1. The van der Waals surface area contributed by atoms with Gasteiger partial charge in [0.15, 0.2) is 0 Å². The van der Waals surface area contributed by atoms with Crippen molar-refractivity contribution in [3.05, 3.63) is 34.9 Å². The fourth-order valence-electron chi connectivity index (χ4n) is 2.78. The number of hydrogen-bond acceptors (Lipinski definition) is 1. The van der Waals surface area contributed by atoms with E-state index in [1.165, 1.54) is 0 Å². The van der Waals surface area contributed by atoms with Gasteiger partial charge in [0.1, 0.15) is 0 Å². The monoisotopic (exact) mass is 333 g/mol. The Labute approximate surface area is 133 Å². The van der Waals surface area contributed by atoms with Crippen LogP contribution >= 0.6 is 11.6 Å². The maximum atomic E-state index is 12.3. The van der Waals surface area contributed by atoms with Gasteiger partial charge in [0, 0.05) is 30.5 Å². The van der Waals surface area contributed by atoms with Gasteiger partial charge in [-0.15, -0.1) is 0 Å². The van der Waals surface area contributed by atoms with E-state index in [1.54, 1.807) is 17.0 Å². The lowest BCUT2D eigenvalue weighted by Gasteiger charge is -2.25. The Bertz CT molecular complexity index is 501. The molecule has 0 aromatic heterocycles. The first kappa shape index (κ1) is 17.1. The molecule has 6 heteroatoms. The van der Waals surface area contributed by atoms with Gasteiger partial charge in [0.2, 0.25) is 5.91 Å². The molecule has 1 aromatic rings. The molecular weight excluding hydrogens is 315 g/mol. The van der Waals surface area contributed by atoms with E-state index in [9.17, 15) is 18.0 Å². The van der Waals surface area contributed by atoms with Crippen LogP contribution in [-0.2, 0) is 4.79 Å². The van der Waals surface area contributed by atoms with Crippen LogP contribution < -0.4 is 0 Å². The van der Waals surface area contributed by atoms with Crippen LogP contribution in [0.2, 0.25) is 5.02 Å². The molecular formula is C16H19ClF3NO. The molecule has 1 aliphatic rings. The molecule has 2 nitrogen and oxygen atoms in total. The first-order valence-corrected chi connectivity index (χ1v) is 7.83. The third-order valence-electron chi connectivity index (χ3n) is 3.99. The number of carbonyl (C=O) groups excluding carboxylic acids is 1. The molecule has 0 bridgehead atoms. The summed E-state index contributed by atoms with van der Waals surface area (Å²) in [6, 6.07) is 7.46. The first-order valence-electron chi connectivity index (χ1n) is 7.45. The van der Waals surface area contributed by atoms with E-state index in [-0.39, 0.29) is 5.92 Å². The van der Waals surface area contributed by atoms with Crippen molar-refractivity contribution in [2.75, 3.05) is 13.1 Å². The van der Waals surface area contributed by atoms with Gasteiger partial charge in [0.25, 0.3) is 0 Å². The summed E-state index contributed by atoms with van der Waals surface area (Å²) in [5.41, 5.74) is 1.08. The van der Waals surface area contributed by atoms with E-state index >= 15 is 0 Å². The number of carbonyl (C=O) groups is 1. The summed E-state index contributed by atoms with van der Waals surface area (Å²) >= 11 is 5.87. The molecule has 1 heterocycles. The van der Waals surface area contributed by atoms with Crippen molar-refractivity contribution in [3.8, 4) is 0 Å². The van der Waals surface area contributed by atoms with Gasteiger partial charge in [-0.25, -0.2) is 0 Å². The van der Waals surface area contributed by atoms with Crippen LogP contribution in [0.5, 0.6) is 0 Å². The number of halogens is 4. The molecule has 1 unspecified atom stereocenters. The quantitative estimate of drug-likeness (QED) is 0.779. The van der Waals surface area contributed by atoms with Crippen molar-refractivity contribution < 1.29 is 18.0 Å². The summed E-state index contributed by atoms with van der Waals surface area (Å²) in [7, 11) is 0. The van der Waals surface area contributed by atoms with Crippen LogP contribution in [-0.4, -0.2) is 30.1 Å². The Morgan fingerprint density at radius 3 is 2.55 bits per heavy atom. The molecule has 1 aliphatic heterocycles. The summed E-state index contributed by atoms with van der Waals surface area (Å²) in [6.45, 7) is 1.03. The third-order valence-corrected chi connectivity index (χ3v) is 4.24. The molecule has 2 rings (SSSR count). The van der Waals surface area contributed by atoms with Gasteiger partial charge < -0.3 is 4.90 Å². The standard InChI is InChI=1S/C16H19ClF3NO/c17-14-6-4-12(5-7-14)13-3-1-2-10-21(11-13)15(22)8-9-16(18,19)20/h4-7,13H,1-3,8-11H2. The first-order chi connectivity index (χ1) is 10.3. The highest BCUT2D eigenvalue weighted by molar-refractivity contribution is 6.30. The van der Waals surface area contributed by atoms with E-state index in [1.807, 2.05) is 12.1 Å². The number of likely N-dealkylation sites (tertiary alicyclic amines) is 1. The second kappa shape index (κ2) is 7.36. The van der Waals surface area contributed by atoms with Gasteiger partial charge in [-0.1, -0.05) is 30.2 Å². The van der Waals surface area contributed by atoms with Crippen LogP contribution in [0.1, 0.15) is 43.6 Å². The van der Waals surface area contributed by atoms with E-state index in [4.69, 9.17) is 11.6 Å². The predicted octanol–water partition coefficient (Wildman–Crippen LogP) is 4.78. The van der Waals surface area contributed by atoms with Gasteiger partial charge >= 0.3 is 6.18 Å². The molecule has 1 aromatic carbocycles. The maximum Gasteiger partial charge on any atom is 0.389 e. The molecule has 22 heavy (non-hydrogen) atoms. The number of nitrogens with zero attached hydrogens (tertiary/aromatic N) is 1. The van der Waals surface area contributed by atoms with Gasteiger partial charge in [-0.2, -0.15) is 13.2 Å². The molecule has 122 valence electrons. The average Bonchev–Trinajstić information content (AvgIpc) is 2.71. The lowest BCUT2D eigenvalue weighted by molar-refractivity contribution is -0.149. The zero-order chi connectivity index (χ0) is 16.2. The second-order valence-corrected chi connectivity index (χ2v) is 6.14. The molecule has 1 fully saturated rings. The summed E-state index contributed by atoms with van der Waals surface area (Å²) in [5.74, 6) is -0.243. The number of alkyl halides is 3. The minimum Gasteiger partial charge on any atom is -0.342 e. The predicted molar refractivity (Wildman–Crippen MR) is 79.9 cm³/mol. The van der Waals surface area contributed by atoms with Gasteiger partial charge in [0.05, 0.1) is 6.42 Å². The van der Waals surface area contributed by atoms with Crippen molar-refractivity contribution in [1.29, 1.82) is 0 Å². The molecule has 0 saturated carbocycles. The zero-order valence-corrected chi connectivity index (χ0v) is 13.0. The highest BCUT2D eigenvalue weighted by atomic mass is 35.5. The summed E-state index contributed by atoms with van der Waals surface area (Å²) < 4.78 is 36.8. The third kappa shape index (κ3) is 5.20. The maximum absolute atomic E-state index is 12.3. The fraction of sp³-hybridized carbons (Fsp3) is 0.562. The highest BCUT2D eigenvalue weighted by Crippen LogP contribution is 2.28. The molecule has 0 aliphatic carbocycles. The minimum atomic E-state index is -4.28. The van der Waals surface area contributed by atoms with Gasteiger partial charge in [-0.3, -0.25) is 4.79 Å². The van der Waals surface area contributed by atoms with Crippen LogP contribution in [0.4, 0.5) is 13.2 Å². The molecule has 1 saturated heterocycles. The van der Waals surface area contributed by atoms with E-state index in [0.29, 0.717) is 18.1 Å². The van der Waals surface area contributed by atoms with Crippen LogP contribution in [0.15, 0.2) is 24.3 Å². The summed E-state index contributed by atoms with van der Waals surface area (Å²) in [5, 5.41) is 0.649. The van der Waals surface area contributed by atoms with Crippen molar-refractivity contribution >= 4 is 17.5 Å². The Morgan fingerprint density at radius 1 is 1.23 bits per heavy atom. The average molecular weight is 334 g/mol. The minimum absolute atomic E-state index is 0.162. The van der Waals surface area contributed by atoms with Crippen molar-refractivity contribution in [1.82, 2.24) is 4.90 Å². The smallest absolute Gasteiger partial charge is 0.342 e. The van der Waals surface area contributed by atoms with Gasteiger partial charge in [-0.05, 0) is 30.5 Å². The van der Waals surface area contributed by atoms with Crippen LogP contribution in [0.3, 0.4) is 0 Å². The molecule has 0 radical (unpaired) electrons. The van der Waals surface area contributed by atoms with Crippen molar-refractivity contribution in [2.24, 2.45) is 0 Å². The molecule has 1 amide bonds. The van der Waals surface area contributed by atoms with E-state index in [0.717, 1.165) is 24.8 Å². The number of hydrogen-bond donors (Lipinski definition) is 0. The Hall–Kier alpha value is -1.23. The Morgan fingerprint density at radius 2 is 1.91 bits per heavy atom. The largest absolute Gasteiger partial charge is 0.389 e. The lowest BCUT2D eigenvalue weighted by atomic mass is 9.94. The van der Waals surface area contributed by atoms with Crippen LogP contribution in [0, 0.1) is 0 Å². The topological polar surface area (TPSA) is 20.3 Å². The highest BCUT2D eigenvalue weighted by Gasteiger charge is 2.30. The molecule has 0 N–H and O–H groups in total. The van der Waals surface area contributed by atoms with Crippen molar-refractivity contribution in [3.63, 3.8) is 0 Å². The van der Waals surface area contributed by atoms with E-state index in [2.05, 4.69) is 0 Å².